The summed E-state index contributed by atoms with van der Waals surface area (Å²) in [6.07, 6.45) is 0.990. The van der Waals surface area contributed by atoms with Gasteiger partial charge in [0.25, 0.3) is 5.91 Å². The van der Waals surface area contributed by atoms with Crippen molar-refractivity contribution >= 4 is 5.91 Å². The van der Waals surface area contributed by atoms with E-state index in [2.05, 4.69) is 5.32 Å². The molecule has 0 spiro atoms. The third-order valence-electron chi connectivity index (χ3n) is 4.05. The van der Waals surface area contributed by atoms with E-state index in [0.717, 1.165) is 0 Å². The summed E-state index contributed by atoms with van der Waals surface area (Å²) in [5.41, 5.74) is -1.65. The van der Waals surface area contributed by atoms with Gasteiger partial charge >= 0.3 is 0 Å². The van der Waals surface area contributed by atoms with Gasteiger partial charge < -0.3 is 20.1 Å². The molecule has 1 heterocycles. The molecular weight excluding hydrogens is 306 g/mol. The Labute approximate surface area is 134 Å². The summed E-state index contributed by atoms with van der Waals surface area (Å²) in [7, 11) is 1.55. The third-order valence-corrected chi connectivity index (χ3v) is 4.05. The minimum atomic E-state index is -1.55. The summed E-state index contributed by atoms with van der Waals surface area (Å²) in [6.45, 7) is 1.25. The maximum absolute atomic E-state index is 13.6. The summed E-state index contributed by atoms with van der Waals surface area (Å²) in [6, 6.07) is 3.64. The Hall–Kier alpha value is -1.57. The normalized spacial score (nSPS) is 21.7. The SMILES string of the molecule is COCCN1CCC[C@](O)(CNCc2c(F)cccc2F)C1=O. The molecule has 0 aromatic heterocycles. The predicted molar refractivity (Wildman–Crippen MR) is 80.7 cm³/mol. The number of nitrogens with one attached hydrogen (secondary N) is 1. The molecule has 1 fully saturated rings. The molecule has 1 atom stereocenters. The molecule has 0 unspecified atom stereocenters. The van der Waals surface area contributed by atoms with Crippen molar-refractivity contribution in [2.24, 2.45) is 0 Å². The fourth-order valence-electron chi connectivity index (χ4n) is 2.74. The topological polar surface area (TPSA) is 61.8 Å². The van der Waals surface area contributed by atoms with Gasteiger partial charge in [0, 0.05) is 38.9 Å². The first-order chi connectivity index (χ1) is 11.0. The van der Waals surface area contributed by atoms with Gasteiger partial charge in [-0.05, 0) is 25.0 Å². The zero-order chi connectivity index (χ0) is 16.9. The molecule has 2 N–H and O–H groups in total. The molecule has 1 aromatic carbocycles. The number of halogens is 2. The van der Waals surface area contributed by atoms with Crippen molar-refractivity contribution in [3.05, 3.63) is 35.4 Å². The van der Waals surface area contributed by atoms with Gasteiger partial charge in [0.15, 0.2) is 5.60 Å². The van der Waals surface area contributed by atoms with Gasteiger partial charge in [-0.15, -0.1) is 0 Å². The van der Waals surface area contributed by atoms with Crippen LogP contribution >= 0.6 is 0 Å². The Bertz CT molecular complexity index is 536. The number of methoxy groups -OCH3 is 1. The van der Waals surface area contributed by atoms with Crippen LogP contribution < -0.4 is 5.32 Å². The van der Waals surface area contributed by atoms with Crippen molar-refractivity contribution in [1.82, 2.24) is 10.2 Å². The number of ether oxygens (including phenoxy) is 1. The van der Waals surface area contributed by atoms with Crippen molar-refractivity contribution in [2.75, 3.05) is 33.4 Å². The summed E-state index contributed by atoms with van der Waals surface area (Å²) in [4.78, 5) is 13.9. The van der Waals surface area contributed by atoms with Gasteiger partial charge in [-0.3, -0.25) is 4.79 Å². The monoisotopic (exact) mass is 328 g/mol. The highest BCUT2D eigenvalue weighted by Crippen LogP contribution is 2.22. The fraction of sp³-hybridized carbons (Fsp3) is 0.562. The molecule has 0 radical (unpaired) electrons. The van der Waals surface area contributed by atoms with Crippen LogP contribution in [0.1, 0.15) is 18.4 Å². The molecule has 23 heavy (non-hydrogen) atoms. The van der Waals surface area contributed by atoms with E-state index in [4.69, 9.17) is 4.74 Å². The molecule has 1 saturated heterocycles. The van der Waals surface area contributed by atoms with E-state index in [0.29, 0.717) is 32.5 Å². The fourth-order valence-corrected chi connectivity index (χ4v) is 2.74. The van der Waals surface area contributed by atoms with Crippen LogP contribution in [0.25, 0.3) is 0 Å². The number of hydrogen-bond donors (Lipinski definition) is 2. The van der Waals surface area contributed by atoms with Crippen molar-refractivity contribution in [1.29, 1.82) is 0 Å². The van der Waals surface area contributed by atoms with Gasteiger partial charge in [0.1, 0.15) is 11.6 Å². The number of carbonyl (C=O) groups excluding carboxylic acids is 1. The zero-order valence-corrected chi connectivity index (χ0v) is 13.1. The molecule has 0 saturated carbocycles. The van der Waals surface area contributed by atoms with Gasteiger partial charge in [0.05, 0.1) is 6.61 Å². The number of amides is 1. The Kier molecular flexibility index (Phi) is 6.04. The van der Waals surface area contributed by atoms with Crippen LogP contribution in [0.4, 0.5) is 8.78 Å². The van der Waals surface area contributed by atoms with E-state index >= 15 is 0 Å². The Morgan fingerprint density at radius 1 is 1.39 bits per heavy atom. The number of rotatable bonds is 7. The molecule has 0 bridgehead atoms. The second-order valence-electron chi connectivity index (χ2n) is 5.72. The molecule has 7 heteroatoms. The van der Waals surface area contributed by atoms with Crippen LogP contribution in [0.2, 0.25) is 0 Å². The largest absolute Gasteiger partial charge is 0.383 e. The Balaban J connectivity index is 1.94. The van der Waals surface area contributed by atoms with Crippen molar-refractivity contribution < 1.29 is 23.4 Å². The lowest BCUT2D eigenvalue weighted by molar-refractivity contribution is -0.157. The minimum Gasteiger partial charge on any atom is -0.383 e. The smallest absolute Gasteiger partial charge is 0.255 e. The molecule has 0 aliphatic carbocycles. The molecule has 128 valence electrons. The van der Waals surface area contributed by atoms with Gasteiger partial charge in [-0.2, -0.15) is 0 Å². The average Bonchev–Trinajstić information content (AvgIpc) is 2.52. The van der Waals surface area contributed by atoms with E-state index in [9.17, 15) is 18.7 Å². The van der Waals surface area contributed by atoms with Gasteiger partial charge in [-0.25, -0.2) is 8.78 Å². The Morgan fingerprint density at radius 3 is 2.74 bits per heavy atom. The number of nitrogens with zero attached hydrogens (tertiary/aromatic N) is 1. The van der Waals surface area contributed by atoms with E-state index in [1.54, 1.807) is 12.0 Å². The lowest BCUT2D eigenvalue weighted by Gasteiger charge is -2.38. The summed E-state index contributed by atoms with van der Waals surface area (Å²) in [5.74, 6) is -1.68. The molecule has 1 aromatic rings. The maximum atomic E-state index is 13.6. The third kappa shape index (κ3) is 4.25. The zero-order valence-electron chi connectivity index (χ0n) is 13.1. The van der Waals surface area contributed by atoms with Gasteiger partial charge in [0.2, 0.25) is 0 Å². The van der Waals surface area contributed by atoms with Crippen LogP contribution in [0, 0.1) is 11.6 Å². The second-order valence-corrected chi connectivity index (χ2v) is 5.72. The molecule has 1 aliphatic rings. The maximum Gasteiger partial charge on any atom is 0.255 e. The molecular formula is C16H22F2N2O3. The van der Waals surface area contributed by atoms with E-state index in [1.165, 1.54) is 18.2 Å². The van der Waals surface area contributed by atoms with E-state index in [1.807, 2.05) is 0 Å². The number of likely N-dealkylation sites (tertiary alicyclic amines) is 1. The first-order valence-electron chi connectivity index (χ1n) is 7.62. The molecule has 5 nitrogen and oxygen atoms in total. The highest BCUT2D eigenvalue weighted by Gasteiger charge is 2.41. The van der Waals surface area contributed by atoms with Crippen molar-refractivity contribution in [3.8, 4) is 0 Å². The van der Waals surface area contributed by atoms with Crippen LogP contribution in [0.3, 0.4) is 0 Å². The lowest BCUT2D eigenvalue weighted by atomic mass is 9.91. The number of carbonyl (C=O) groups is 1. The van der Waals surface area contributed by atoms with Crippen molar-refractivity contribution in [2.45, 2.75) is 25.0 Å². The van der Waals surface area contributed by atoms with Crippen LogP contribution in [0.15, 0.2) is 18.2 Å². The van der Waals surface area contributed by atoms with Crippen LogP contribution in [0.5, 0.6) is 0 Å². The molecule has 1 aliphatic heterocycles. The number of aliphatic hydroxyl groups is 1. The van der Waals surface area contributed by atoms with Crippen LogP contribution in [-0.4, -0.2) is 54.9 Å². The van der Waals surface area contributed by atoms with Crippen LogP contribution in [-0.2, 0) is 16.1 Å². The quantitative estimate of drug-likeness (QED) is 0.786. The average molecular weight is 328 g/mol. The van der Waals surface area contributed by atoms with E-state index in [-0.39, 0.29) is 24.6 Å². The second kappa shape index (κ2) is 7.81. The van der Waals surface area contributed by atoms with Gasteiger partial charge in [-0.1, -0.05) is 6.07 Å². The summed E-state index contributed by atoms with van der Waals surface area (Å²) >= 11 is 0. The van der Waals surface area contributed by atoms with Crippen molar-refractivity contribution in [3.63, 3.8) is 0 Å². The minimum absolute atomic E-state index is 0.0525. The number of piperidine rings is 1. The first-order valence-corrected chi connectivity index (χ1v) is 7.62. The molecule has 1 amide bonds. The first kappa shape index (κ1) is 17.8. The Morgan fingerprint density at radius 2 is 2.09 bits per heavy atom. The lowest BCUT2D eigenvalue weighted by Crippen LogP contribution is -2.58. The highest BCUT2D eigenvalue weighted by molar-refractivity contribution is 5.86. The standard InChI is InChI=1S/C16H22F2N2O3/c1-23-9-8-20-7-3-6-16(22,15(20)21)11-19-10-12-13(17)4-2-5-14(12)18/h2,4-5,19,22H,3,6-11H2,1H3/t16-/m0/s1. The summed E-state index contributed by atoms with van der Waals surface area (Å²) in [5, 5.41) is 13.3. The summed E-state index contributed by atoms with van der Waals surface area (Å²) < 4.78 is 32.1. The highest BCUT2D eigenvalue weighted by atomic mass is 19.1. The number of hydrogen-bond acceptors (Lipinski definition) is 4. The predicted octanol–water partition coefficient (Wildman–Crippen LogP) is 1.05. The van der Waals surface area contributed by atoms with E-state index < -0.39 is 17.2 Å². The molecule has 2 rings (SSSR count). The number of benzene rings is 1.